The third kappa shape index (κ3) is 9.44. The standard InChI is InChI=1S/C11H14I2O.C11H16O/c1-11(2,3)6-7-4-8(12)10(14)9(13)5-7;1-11(2,3)8-9-4-6-10(12)7-5-9/h4-5,14H,6H2,1-3H3;4-7,12H,8H2,1-3H3. The first-order valence-corrected chi connectivity index (χ1v) is 10.9. The van der Waals surface area contributed by atoms with E-state index in [2.05, 4.69) is 98.9 Å². The van der Waals surface area contributed by atoms with Crippen LogP contribution in [0.5, 0.6) is 11.5 Å². The molecule has 0 unspecified atom stereocenters. The zero-order valence-electron chi connectivity index (χ0n) is 16.5. The van der Waals surface area contributed by atoms with Crippen molar-refractivity contribution in [2.24, 2.45) is 10.8 Å². The first-order chi connectivity index (χ1) is 11.8. The molecule has 2 N–H and O–H groups in total. The monoisotopic (exact) mass is 580 g/mol. The molecule has 0 aliphatic heterocycles. The number of hydrogen-bond donors (Lipinski definition) is 2. The summed E-state index contributed by atoms with van der Waals surface area (Å²) in [6.07, 6.45) is 2.09. The Labute approximate surface area is 185 Å². The average molecular weight is 580 g/mol. The van der Waals surface area contributed by atoms with Gasteiger partial charge in [-0.1, -0.05) is 53.7 Å². The molecule has 0 radical (unpaired) electrons. The van der Waals surface area contributed by atoms with Gasteiger partial charge in [-0.05, 0) is 104 Å². The molecule has 0 amide bonds. The zero-order valence-corrected chi connectivity index (χ0v) is 20.8. The number of hydrogen-bond acceptors (Lipinski definition) is 2. The number of aromatic hydroxyl groups is 2. The van der Waals surface area contributed by atoms with Crippen molar-refractivity contribution in [3.05, 3.63) is 54.7 Å². The molecule has 144 valence electrons. The minimum Gasteiger partial charge on any atom is -0.508 e. The molecule has 0 fully saturated rings. The number of rotatable bonds is 2. The van der Waals surface area contributed by atoms with Crippen LogP contribution in [0.3, 0.4) is 0 Å². The van der Waals surface area contributed by atoms with Crippen LogP contribution in [0.2, 0.25) is 0 Å². The van der Waals surface area contributed by atoms with Crippen LogP contribution >= 0.6 is 45.2 Å². The highest BCUT2D eigenvalue weighted by Gasteiger charge is 2.14. The van der Waals surface area contributed by atoms with Gasteiger partial charge in [-0.3, -0.25) is 0 Å². The molecule has 2 aromatic carbocycles. The molecule has 4 heteroatoms. The van der Waals surface area contributed by atoms with E-state index in [1.807, 2.05) is 12.1 Å². The van der Waals surface area contributed by atoms with Gasteiger partial charge in [0.1, 0.15) is 11.5 Å². The van der Waals surface area contributed by atoms with Crippen molar-refractivity contribution < 1.29 is 10.2 Å². The van der Waals surface area contributed by atoms with Crippen LogP contribution in [0.1, 0.15) is 52.7 Å². The van der Waals surface area contributed by atoms with E-state index < -0.39 is 0 Å². The van der Waals surface area contributed by atoms with Crippen molar-refractivity contribution >= 4 is 45.2 Å². The van der Waals surface area contributed by atoms with Gasteiger partial charge in [-0.15, -0.1) is 0 Å². The minimum absolute atomic E-state index is 0.295. The number of benzene rings is 2. The minimum atomic E-state index is 0.295. The Morgan fingerprint density at radius 3 is 1.46 bits per heavy atom. The van der Waals surface area contributed by atoms with Crippen molar-refractivity contribution in [1.82, 2.24) is 0 Å². The maximum Gasteiger partial charge on any atom is 0.142 e. The second kappa shape index (κ2) is 9.62. The van der Waals surface area contributed by atoms with Crippen molar-refractivity contribution in [2.75, 3.05) is 0 Å². The lowest BCUT2D eigenvalue weighted by molar-refractivity contribution is 0.410. The van der Waals surface area contributed by atoms with E-state index in [0.29, 0.717) is 22.3 Å². The van der Waals surface area contributed by atoms with E-state index in [4.69, 9.17) is 5.11 Å². The number of halogens is 2. The fourth-order valence-electron chi connectivity index (χ4n) is 2.56. The van der Waals surface area contributed by atoms with Crippen LogP contribution in [0.25, 0.3) is 0 Å². The van der Waals surface area contributed by atoms with Crippen LogP contribution in [-0.2, 0) is 12.8 Å². The molecule has 0 aromatic heterocycles. The lowest BCUT2D eigenvalue weighted by Crippen LogP contribution is -2.09. The Bertz CT molecular complexity index is 685. The highest BCUT2D eigenvalue weighted by atomic mass is 127. The largest absolute Gasteiger partial charge is 0.508 e. The SMILES string of the molecule is CC(C)(C)Cc1cc(I)c(O)c(I)c1.CC(C)(C)Cc1ccc(O)cc1. The van der Waals surface area contributed by atoms with Crippen LogP contribution < -0.4 is 0 Å². The quantitative estimate of drug-likeness (QED) is 0.370. The Kier molecular flexibility index (Phi) is 8.71. The zero-order chi connectivity index (χ0) is 20.1. The molecule has 0 atom stereocenters. The van der Waals surface area contributed by atoms with Gasteiger partial charge in [-0.2, -0.15) is 0 Å². The molecule has 0 aliphatic carbocycles. The summed E-state index contributed by atoms with van der Waals surface area (Å²) < 4.78 is 1.88. The van der Waals surface area contributed by atoms with Crippen molar-refractivity contribution in [2.45, 2.75) is 54.4 Å². The van der Waals surface area contributed by atoms with E-state index in [1.54, 1.807) is 12.1 Å². The van der Waals surface area contributed by atoms with Gasteiger partial charge in [0.15, 0.2) is 0 Å². The van der Waals surface area contributed by atoms with Gasteiger partial charge in [0.05, 0.1) is 7.14 Å². The second-order valence-electron chi connectivity index (χ2n) is 9.05. The molecule has 0 bridgehead atoms. The molecule has 0 saturated heterocycles. The summed E-state index contributed by atoms with van der Waals surface area (Å²) in [5.74, 6) is 0.747. The summed E-state index contributed by atoms with van der Waals surface area (Å²) in [6.45, 7) is 13.3. The fraction of sp³-hybridized carbons (Fsp3) is 0.455. The molecular weight excluding hydrogens is 550 g/mol. The van der Waals surface area contributed by atoms with E-state index in [1.165, 1.54) is 11.1 Å². The summed E-state index contributed by atoms with van der Waals surface area (Å²) in [4.78, 5) is 0. The van der Waals surface area contributed by atoms with Crippen LogP contribution in [-0.4, -0.2) is 10.2 Å². The van der Waals surface area contributed by atoms with Crippen molar-refractivity contribution in [3.63, 3.8) is 0 Å². The molecule has 0 saturated carbocycles. The predicted octanol–water partition coefficient (Wildman–Crippen LogP) is 7.17. The van der Waals surface area contributed by atoms with Crippen molar-refractivity contribution in [1.29, 1.82) is 0 Å². The van der Waals surface area contributed by atoms with Gasteiger partial charge in [-0.25, -0.2) is 0 Å². The topological polar surface area (TPSA) is 40.5 Å². The van der Waals surface area contributed by atoms with Gasteiger partial charge in [0.25, 0.3) is 0 Å². The first kappa shape index (κ1) is 23.5. The number of phenols is 2. The van der Waals surface area contributed by atoms with Crippen LogP contribution in [0, 0.1) is 18.0 Å². The van der Waals surface area contributed by atoms with E-state index >= 15 is 0 Å². The normalized spacial score (nSPS) is 11.7. The first-order valence-electron chi connectivity index (χ1n) is 8.72. The lowest BCUT2D eigenvalue weighted by atomic mass is 9.88. The van der Waals surface area contributed by atoms with Gasteiger partial charge in [0, 0.05) is 0 Å². The maximum absolute atomic E-state index is 9.61. The molecule has 0 heterocycles. The highest BCUT2D eigenvalue weighted by Crippen LogP contribution is 2.30. The highest BCUT2D eigenvalue weighted by molar-refractivity contribution is 14.1. The fourth-order valence-corrected chi connectivity index (χ4v) is 4.46. The molecule has 0 spiro atoms. The van der Waals surface area contributed by atoms with Crippen LogP contribution in [0.15, 0.2) is 36.4 Å². The second-order valence-corrected chi connectivity index (χ2v) is 11.4. The van der Waals surface area contributed by atoms with Crippen molar-refractivity contribution in [3.8, 4) is 11.5 Å². The van der Waals surface area contributed by atoms with Crippen LogP contribution in [0.4, 0.5) is 0 Å². The van der Waals surface area contributed by atoms with Gasteiger partial charge >= 0.3 is 0 Å². The summed E-state index contributed by atoms with van der Waals surface area (Å²) >= 11 is 4.34. The third-order valence-electron chi connectivity index (χ3n) is 3.48. The molecular formula is C22H30I2O2. The third-order valence-corrected chi connectivity index (χ3v) is 5.13. The molecule has 26 heavy (non-hydrogen) atoms. The van der Waals surface area contributed by atoms with E-state index in [9.17, 15) is 5.11 Å². The molecule has 2 nitrogen and oxygen atoms in total. The van der Waals surface area contributed by atoms with E-state index in [0.717, 1.165) is 20.0 Å². The smallest absolute Gasteiger partial charge is 0.142 e. The Balaban J connectivity index is 0.000000263. The summed E-state index contributed by atoms with van der Waals surface area (Å²) in [6, 6.07) is 11.5. The Morgan fingerprint density at radius 2 is 1.08 bits per heavy atom. The Morgan fingerprint density at radius 1 is 0.692 bits per heavy atom. The summed E-state index contributed by atoms with van der Waals surface area (Å²) in [7, 11) is 0. The lowest BCUT2D eigenvalue weighted by Gasteiger charge is -2.18. The maximum atomic E-state index is 9.61. The summed E-state index contributed by atoms with van der Waals surface area (Å²) in [5.41, 5.74) is 3.18. The van der Waals surface area contributed by atoms with Gasteiger partial charge < -0.3 is 10.2 Å². The average Bonchev–Trinajstić information content (AvgIpc) is 2.45. The Hall–Kier alpha value is -0.500. The van der Waals surface area contributed by atoms with E-state index in [-0.39, 0.29) is 0 Å². The number of phenolic OH excluding ortho intramolecular Hbond substituents is 2. The molecule has 0 aliphatic rings. The van der Waals surface area contributed by atoms with Gasteiger partial charge in [0.2, 0.25) is 0 Å². The molecule has 2 aromatic rings. The summed E-state index contributed by atoms with van der Waals surface area (Å²) in [5, 5.41) is 18.7. The molecule has 2 rings (SSSR count). The predicted molar refractivity (Wildman–Crippen MR) is 128 cm³/mol.